The third-order valence-corrected chi connectivity index (χ3v) is 7.10. The number of rotatable bonds is 7. The van der Waals surface area contributed by atoms with Gasteiger partial charge in [-0.1, -0.05) is 25.5 Å². The lowest BCUT2D eigenvalue weighted by atomic mass is 10.0. The van der Waals surface area contributed by atoms with Crippen LogP contribution >= 0.6 is 0 Å². The van der Waals surface area contributed by atoms with Gasteiger partial charge in [0.2, 0.25) is 10.0 Å². The number of aryl methyl sites for hydroxylation is 2. The van der Waals surface area contributed by atoms with Gasteiger partial charge in [0, 0.05) is 25.7 Å². The molecule has 1 fully saturated rings. The summed E-state index contributed by atoms with van der Waals surface area (Å²) in [6, 6.07) is 5.27. The Morgan fingerprint density at radius 2 is 1.79 bits per heavy atom. The van der Waals surface area contributed by atoms with Crippen molar-refractivity contribution in [2.75, 3.05) is 19.6 Å². The van der Waals surface area contributed by atoms with Gasteiger partial charge in [0.15, 0.2) is 0 Å². The van der Waals surface area contributed by atoms with Crippen molar-refractivity contribution in [2.24, 2.45) is 0 Å². The van der Waals surface area contributed by atoms with Crippen molar-refractivity contribution in [1.29, 1.82) is 0 Å². The molecule has 0 saturated carbocycles. The first-order chi connectivity index (χ1) is 13.3. The fourth-order valence-electron chi connectivity index (χ4n) is 3.44. The second-order valence-corrected chi connectivity index (χ2v) is 9.19. The van der Waals surface area contributed by atoms with E-state index in [1.54, 1.807) is 17.3 Å². The maximum atomic E-state index is 13.3. The second-order valence-electron chi connectivity index (χ2n) is 7.33. The van der Waals surface area contributed by atoms with E-state index in [0.717, 1.165) is 36.8 Å². The summed E-state index contributed by atoms with van der Waals surface area (Å²) < 4.78 is 28.1. The number of carbonyl (C=O) groups is 2. The summed E-state index contributed by atoms with van der Waals surface area (Å²) in [4.78, 5) is 23.8. The number of amides is 2. The van der Waals surface area contributed by atoms with Crippen LogP contribution in [0.1, 0.15) is 50.2 Å². The third-order valence-electron chi connectivity index (χ3n) is 5.01. The average molecular weight is 410 g/mol. The van der Waals surface area contributed by atoms with Crippen LogP contribution in [-0.2, 0) is 19.6 Å². The van der Waals surface area contributed by atoms with Crippen LogP contribution in [0.5, 0.6) is 0 Å². The Hall–Kier alpha value is -1.93. The summed E-state index contributed by atoms with van der Waals surface area (Å²) in [5, 5.41) is 5.13. The largest absolute Gasteiger partial charge is 0.348 e. The molecule has 1 aliphatic rings. The van der Waals surface area contributed by atoms with Crippen molar-refractivity contribution in [1.82, 2.24) is 14.9 Å². The van der Waals surface area contributed by atoms with Crippen molar-refractivity contribution in [3.63, 3.8) is 0 Å². The number of nitrogens with zero attached hydrogens (tertiary/aromatic N) is 1. The van der Waals surface area contributed by atoms with Gasteiger partial charge < -0.3 is 10.6 Å². The van der Waals surface area contributed by atoms with E-state index in [-0.39, 0.29) is 12.6 Å². The number of sulfonamides is 1. The highest BCUT2D eigenvalue weighted by Crippen LogP contribution is 2.29. The molecule has 1 heterocycles. The molecule has 0 unspecified atom stereocenters. The van der Waals surface area contributed by atoms with Gasteiger partial charge in [0.1, 0.15) is 0 Å². The van der Waals surface area contributed by atoms with Crippen molar-refractivity contribution >= 4 is 21.8 Å². The molecule has 1 aliphatic heterocycles. The van der Waals surface area contributed by atoms with E-state index < -0.39 is 21.8 Å². The summed E-state index contributed by atoms with van der Waals surface area (Å²) in [6.45, 7) is 6.79. The number of benzene rings is 1. The zero-order chi connectivity index (χ0) is 20.7. The Bertz CT molecular complexity index is 808. The monoisotopic (exact) mass is 409 g/mol. The first-order valence-electron chi connectivity index (χ1n) is 9.92. The van der Waals surface area contributed by atoms with E-state index in [4.69, 9.17) is 0 Å². The molecule has 1 aromatic rings. The summed E-state index contributed by atoms with van der Waals surface area (Å²) in [7, 11) is -3.60. The maximum Gasteiger partial charge on any atom is 0.309 e. The minimum Gasteiger partial charge on any atom is -0.348 e. The minimum atomic E-state index is -3.60. The molecule has 156 valence electrons. The molecule has 0 radical (unpaired) electrons. The predicted molar refractivity (Wildman–Crippen MR) is 108 cm³/mol. The standard InChI is InChI=1S/C20H31N3O4S/c1-4-11-21-19(24)20(25)22-12-10-17-7-5-6-13-23(17)28(26,27)18-14-15(2)8-9-16(18)3/h8-9,14,17H,4-7,10-13H2,1-3H3,(H,21,24)(H,22,25)/t17-/m1/s1. The molecule has 0 aromatic heterocycles. The van der Waals surface area contributed by atoms with Gasteiger partial charge in [-0.2, -0.15) is 4.31 Å². The van der Waals surface area contributed by atoms with E-state index in [9.17, 15) is 18.0 Å². The SMILES string of the molecule is CCCNC(=O)C(=O)NCC[C@H]1CCCCN1S(=O)(=O)c1cc(C)ccc1C. The lowest BCUT2D eigenvalue weighted by Crippen LogP contribution is -2.46. The fraction of sp³-hybridized carbons (Fsp3) is 0.600. The number of piperidine rings is 1. The summed E-state index contributed by atoms with van der Waals surface area (Å²) in [5.74, 6) is -1.32. The lowest BCUT2D eigenvalue weighted by Gasteiger charge is -2.35. The number of hydrogen-bond donors (Lipinski definition) is 2. The summed E-state index contributed by atoms with van der Waals surface area (Å²) >= 11 is 0. The maximum absolute atomic E-state index is 13.3. The molecular formula is C20H31N3O4S. The van der Waals surface area contributed by atoms with Crippen LogP contribution in [0.2, 0.25) is 0 Å². The number of hydrogen-bond acceptors (Lipinski definition) is 4. The molecule has 2 N–H and O–H groups in total. The van der Waals surface area contributed by atoms with E-state index in [2.05, 4.69) is 10.6 Å². The minimum absolute atomic E-state index is 0.183. The molecule has 0 bridgehead atoms. The van der Waals surface area contributed by atoms with Gasteiger partial charge in [0.25, 0.3) is 0 Å². The van der Waals surface area contributed by atoms with Crippen LogP contribution in [0, 0.1) is 13.8 Å². The smallest absolute Gasteiger partial charge is 0.309 e. The molecule has 7 nitrogen and oxygen atoms in total. The van der Waals surface area contributed by atoms with Crippen LogP contribution in [-0.4, -0.2) is 50.2 Å². The molecule has 0 aliphatic carbocycles. The van der Waals surface area contributed by atoms with Gasteiger partial charge in [-0.25, -0.2) is 8.42 Å². The third kappa shape index (κ3) is 5.54. The second kappa shape index (κ2) is 10.0. The number of nitrogens with one attached hydrogen (secondary N) is 2. The Morgan fingerprint density at radius 3 is 2.46 bits per heavy atom. The van der Waals surface area contributed by atoms with Crippen LogP contribution in [0.25, 0.3) is 0 Å². The van der Waals surface area contributed by atoms with Crippen molar-refractivity contribution < 1.29 is 18.0 Å². The molecule has 1 saturated heterocycles. The highest BCUT2D eigenvalue weighted by Gasteiger charge is 2.34. The van der Waals surface area contributed by atoms with Crippen LogP contribution < -0.4 is 10.6 Å². The van der Waals surface area contributed by atoms with E-state index >= 15 is 0 Å². The highest BCUT2D eigenvalue weighted by atomic mass is 32.2. The van der Waals surface area contributed by atoms with Gasteiger partial charge in [-0.05, 0) is 56.7 Å². The van der Waals surface area contributed by atoms with E-state index in [1.165, 1.54) is 0 Å². The molecule has 1 aromatic carbocycles. The molecule has 1 atom stereocenters. The fourth-order valence-corrected chi connectivity index (χ4v) is 5.48. The first kappa shape index (κ1) is 22.4. The quantitative estimate of drug-likeness (QED) is 0.672. The zero-order valence-corrected chi connectivity index (χ0v) is 17.8. The molecule has 28 heavy (non-hydrogen) atoms. The van der Waals surface area contributed by atoms with Gasteiger partial charge in [-0.3, -0.25) is 9.59 Å². The summed E-state index contributed by atoms with van der Waals surface area (Å²) in [5.41, 5.74) is 1.64. The predicted octanol–water partition coefficient (Wildman–Crippen LogP) is 1.88. The van der Waals surface area contributed by atoms with Crippen LogP contribution in [0.4, 0.5) is 0 Å². The van der Waals surface area contributed by atoms with Crippen molar-refractivity contribution in [3.8, 4) is 0 Å². The molecule has 8 heteroatoms. The van der Waals surface area contributed by atoms with Gasteiger partial charge >= 0.3 is 11.8 Å². The Labute approximate surface area is 167 Å². The van der Waals surface area contributed by atoms with Crippen LogP contribution in [0.3, 0.4) is 0 Å². The molecule has 2 rings (SSSR count). The topological polar surface area (TPSA) is 95.6 Å². The molecule has 0 spiro atoms. The van der Waals surface area contributed by atoms with E-state index in [1.807, 2.05) is 26.0 Å². The Morgan fingerprint density at radius 1 is 1.11 bits per heavy atom. The van der Waals surface area contributed by atoms with Gasteiger partial charge in [-0.15, -0.1) is 0 Å². The average Bonchev–Trinajstić information content (AvgIpc) is 2.68. The number of carbonyl (C=O) groups excluding carboxylic acids is 2. The van der Waals surface area contributed by atoms with Gasteiger partial charge in [0.05, 0.1) is 4.90 Å². The Kier molecular flexibility index (Phi) is 8.00. The van der Waals surface area contributed by atoms with Crippen molar-refractivity contribution in [2.45, 2.75) is 63.8 Å². The first-order valence-corrected chi connectivity index (χ1v) is 11.4. The zero-order valence-electron chi connectivity index (χ0n) is 17.0. The van der Waals surface area contributed by atoms with E-state index in [0.29, 0.717) is 24.4 Å². The lowest BCUT2D eigenvalue weighted by molar-refractivity contribution is -0.139. The van der Waals surface area contributed by atoms with Crippen molar-refractivity contribution in [3.05, 3.63) is 29.3 Å². The highest BCUT2D eigenvalue weighted by molar-refractivity contribution is 7.89. The normalized spacial score (nSPS) is 17.9. The molecule has 2 amide bonds. The summed E-state index contributed by atoms with van der Waals surface area (Å²) in [6.07, 6.45) is 3.77. The van der Waals surface area contributed by atoms with Crippen LogP contribution in [0.15, 0.2) is 23.1 Å². The Balaban J connectivity index is 2.04. The molecular weight excluding hydrogens is 378 g/mol.